The number of nitrogens with one attached hydrogen (secondary N) is 2. The van der Waals surface area contributed by atoms with Crippen molar-refractivity contribution in [2.24, 2.45) is 11.5 Å². The van der Waals surface area contributed by atoms with E-state index in [1.807, 2.05) is 0 Å². The molecule has 0 aliphatic carbocycles. The number of nitrogens with two attached hydrogens (primary N) is 2. The summed E-state index contributed by atoms with van der Waals surface area (Å²) in [6.07, 6.45) is 10.6. The van der Waals surface area contributed by atoms with Gasteiger partial charge in [0.1, 0.15) is 0 Å². The van der Waals surface area contributed by atoms with Gasteiger partial charge in [0.25, 0.3) is 0 Å². The molecule has 0 bridgehead atoms. The third kappa shape index (κ3) is 13.8. The molecular weight excluding hydrogens is 280 g/mol. The van der Waals surface area contributed by atoms with Crippen LogP contribution in [0.3, 0.4) is 0 Å². The summed E-state index contributed by atoms with van der Waals surface area (Å²) in [6, 6.07) is 0. The second-order valence-electron chi connectivity index (χ2n) is 5.62. The van der Waals surface area contributed by atoms with Crippen LogP contribution in [0.15, 0.2) is 0 Å². The van der Waals surface area contributed by atoms with Crippen LogP contribution in [0, 0.1) is 0 Å². The first-order valence-corrected chi connectivity index (χ1v) is 8.68. The topological polar surface area (TPSA) is 110 Å². The number of carbonyl (C=O) groups excluding carboxylic acids is 2. The summed E-state index contributed by atoms with van der Waals surface area (Å²) < 4.78 is 0. The number of rotatable bonds is 14. The Hall–Kier alpha value is -1.14. The molecule has 6 N–H and O–H groups in total. The lowest BCUT2D eigenvalue weighted by atomic mass is 10.1. The van der Waals surface area contributed by atoms with Crippen molar-refractivity contribution in [2.45, 2.75) is 64.2 Å². The van der Waals surface area contributed by atoms with Crippen molar-refractivity contribution in [3.05, 3.63) is 0 Å². The molecule has 0 saturated carbocycles. The molecule has 0 radical (unpaired) electrons. The molecule has 0 heterocycles. The van der Waals surface area contributed by atoms with E-state index in [0.717, 1.165) is 77.3 Å². The molecule has 0 aromatic heterocycles. The number of carbonyl (C=O) groups is 2. The predicted octanol–water partition coefficient (Wildman–Crippen LogP) is 1.04. The molecule has 0 aromatic carbocycles. The van der Waals surface area contributed by atoms with Crippen LogP contribution >= 0.6 is 0 Å². The highest BCUT2D eigenvalue weighted by atomic mass is 16.2. The van der Waals surface area contributed by atoms with Gasteiger partial charge in [-0.15, -0.1) is 0 Å². The van der Waals surface area contributed by atoms with E-state index >= 15 is 0 Å². The first-order valence-electron chi connectivity index (χ1n) is 8.68. The van der Waals surface area contributed by atoms with E-state index in [9.17, 15) is 9.59 Å². The molecule has 0 rings (SSSR count). The van der Waals surface area contributed by atoms with Crippen molar-refractivity contribution in [3.63, 3.8) is 0 Å². The summed E-state index contributed by atoms with van der Waals surface area (Å²) in [5.41, 5.74) is 10.8. The maximum atomic E-state index is 11.5. The number of hydrogen-bond donors (Lipinski definition) is 4. The van der Waals surface area contributed by atoms with Gasteiger partial charge in [0.05, 0.1) is 0 Å². The summed E-state index contributed by atoms with van der Waals surface area (Å²) >= 11 is 0. The van der Waals surface area contributed by atoms with Gasteiger partial charge in [-0.25, -0.2) is 0 Å². The molecule has 0 aromatic rings. The van der Waals surface area contributed by atoms with Crippen molar-refractivity contribution in [3.8, 4) is 0 Å². The standard InChI is InChI=1S/C16H34N4O2/c17-11-7-3-1-5-9-13-19-15(21)16(22)20-14-10-6-2-4-8-12-18/h1-14,17-18H2,(H,19,21)(H,20,22). The maximum absolute atomic E-state index is 11.5. The average Bonchev–Trinajstić information content (AvgIpc) is 2.52. The second-order valence-corrected chi connectivity index (χ2v) is 5.62. The number of amides is 2. The fraction of sp³-hybridized carbons (Fsp3) is 0.875. The van der Waals surface area contributed by atoms with Crippen LogP contribution in [0.25, 0.3) is 0 Å². The number of hydrogen-bond acceptors (Lipinski definition) is 4. The first-order chi connectivity index (χ1) is 10.7. The molecule has 0 spiro atoms. The molecule has 2 amide bonds. The Bertz CT molecular complexity index is 257. The fourth-order valence-electron chi connectivity index (χ4n) is 2.16. The van der Waals surface area contributed by atoms with Crippen LogP contribution < -0.4 is 22.1 Å². The zero-order valence-electron chi connectivity index (χ0n) is 13.9. The van der Waals surface area contributed by atoms with Crippen LogP contribution in [0.5, 0.6) is 0 Å². The minimum atomic E-state index is -0.523. The molecule has 0 unspecified atom stereocenters. The summed E-state index contributed by atoms with van der Waals surface area (Å²) in [7, 11) is 0. The van der Waals surface area contributed by atoms with E-state index in [1.54, 1.807) is 0 Å². The molecule has 0 atom stereocenters. The Morgan fingerprint density at radius 1 is 0.545 bits per heavy atom. The van der Waals surface area contributed by atoms with Gasteiger partial charge in [0, 0.05) is 13.1 Å². The monoisotopic (exact) mass is 314 g/mol. The molecule has 6 heteroatoms. The van der Waals surface area contributed by atoms with Gasteiger partial charge >= 0.3 is 11.8 Å². The quantitative estimate of drug-likeness (QED) is 0.283. The van der Waals surface area contributed by atoms with Crippen molar-refractivity contribution >= 4 is 11.8 Å². The summed E-state index contributed by atoms with van der Waals surface area (Å²) in [4.78, 5) is 23.1. The zero-order chi connectivity index (χ0) is 16.5. The lowest BCUT2D eigenvalue weighted by Crippen LogP contribution is -2.40. The van der Waals surface area contributed by atoms with Crippen molar-refractivity contribution in [1.29, 1.82) is 0 Å². The SMILES string of the molecule is NCCCCCCCNC(=O)C(=O)NCCCCCCCN. The molecule has 22 heavy (non-hydrogen) atoms. The van der Waals surface area contributed by atoms with Crippen LogP contribution in [-0.4, -0.2) is 38.0 Å². The molecular formula is C16H34N4O2. The van der Waals surface area contributed by atoms with Crippen LogP contribution in [0.1, 0.15) is 64.2 Å². The average molecular weight is 314 g/mol. The van der Waals surface area contributed by atoms with Crippen LogP contribution in [0.4, 0.5) is 0 Å². The molecule has 0 fully saturated rings. The van der Waals surface area contributed by atoms with Crippen LogP contribution in [0.2, 0.25) is 0 Å². The Morgan fingerprint density at radius 2 is 0.864 bits per heavy atom. The van der Waals surface area contributed by atoms with E-state index in [1.165, 1.54) is 0 Å². The number of unbranched alkanes of at least 4 members (excludes halogenated alkanes) is 8. The minimum absolute atomic E-state index is 0.523. The zero-order valence-corrected chi connectivity index (χ0v) is 13.9. The maximum Gasteiger partial charge on any atom is 0.309 e. The van der Waals surface area contributed by atoms with Gasteiger partial charge in [0.15, 0.2) is 0 Å². The smallest absolute Gasteiger partial charge is 0.309 e. The second kappa shape index (κ2) is 16.2. The summed E-state index contributed by atoms with van der Waals surface area (Å²) in [5.74, 6) is -1.05. The first kappa shape index (κ1) is 20.9. The molecule has 0 aliphatic heterocycles. The Balaban J connectivity index is 3.38. The Morgan fingerprint density at radius 3 is 1.23 bits per heavy atom. The van der Waals surface area contributed by atoms with Crippen LogP contribution in [-0.2, 0) is 9.59 Å². The third-order valence-corrected chi connectivity index (χ3v) is 3.54. The van der Waals surface area contributed by atoms with E-state index in [0.29, 0.717) is 13.1 Å². The van der Waals surface area contributed by atoms with E-state index < -0.39 is 11.8 Å². The lowest BCUT2D eigenvalue weighted by molar-refractivity contribution is -0.139. The van der Waals surface area contributed by atoms with E-state index in [-0.39, 0.29) is 0 Å². The van der Waals surface area contributed by atoms with Gasteiger partial charge in [0.2, 0.25) is 0 Å². The Kier molecular flexibility index (Phi) is 15.4. The highest BCUT2D eigenvalue weighted by Gasteiger charge is 2.11. The van der Waals surface area contributed by atoms with Gasteiger partial charge in [-0.05, 0) is 38.8 Å². The molecule has 130 valence electrons. The third-order valence-electron chi connectivity index (χ3n) is 3.54. The molecule has 0 aliphatic rings. The molecule has 6 nitrogen and oxygen atoms in total. The van der Waals surface area contributed by atoms with Gasteiger partial charge in [-0.3, -0.25) is 9.59 Å². The highest BCUT2D eigenvalue weighted by Crippen LogP contribution is 2.01. The van der Waals surface area contributed by atoms with E-state index in [4.69, 9.17) is 11.5 Å². The normalized spacial score (nSPS) is 10.5. The van der Waals surface area contributed by atoms with Gasteiger partial charge in [-0.2, -0.15) is 0 Å². The minimum Gasteiger partial charge on any atom is -0.348 e. The van der Waals surface area contributed by atoms with Crippen molar-refractivity contribution in [2.75, 3.05) is 26.2 Å². The van der Waals surface area contributed by atoms with Gasteiger partial charge in [-0.1, -0.05) is 38.5 Å². The van der Waals surface area contributed by atoms with Crippen molar-refractivity contribution in [1.82, 2.24) is 10.6 Å². The Labute approximate surface area is 134 Å². The molecule has 0 saturated heterocycles. The fourth-order valence-corrected chi connectivity index (χ4v) is 2.16. The summed E-state index contributed by atoms with van der Waals surface area (Å²) in [5, 5.41) is 5.31. The lowest BCUT2D eigenvalue weighted by Gasteiger charge is -2.06. The van der Waals surface area contributed by atoms with Gasteiger partial charge < -0.3 is 22.1 Å². The predicted molar refractivity (Wildman–Crippen MR) is 90.3 cm³/mol. The highest BCUT2D eigenvalue weighted by molar-refractivity contribution is 6.35. The largest absolute Gasteiger partial charge is 0.348 e. The summed E-state index contributed by atoms with van der Waals surface area (Å²) in [6.45, 7) is 2.61. The van der Waals surface area contributed by atoms with E-state index in [2.05, 4.69) is 10.6 Å². The van der Waals surface area contributed by atoms with Crippen molar-refractivity contribution < 1.29 is 9.59 Å².